The highest BCUT2D eigenvalue weighted by Gasteiger charge is 2.41. The van der Waals surface area contributed by atoms with Gasteiger partial charge in [-0.2, -0.15) is 0 Å². The highest BCUT2D eigenvalue weighted by molar-refractivity contribution is 7.16. The van der Waals surface area contributed by atoms with E-state index in [1.165, 1.54) is 78.3 Å². The van der Waals surface area contributed by atoms with Gasteiger partial charge in [-0.15, -0.1) is 9.24 Å². The lowest BCUT2D eigenvalue weighted by atomic mass is 10.0. The number of carbonyl (C=O) groups is 3. The number of ether oxygens (including phenoxy) is 3. The fraction of sp³-hybridized carbons (Fsp3) is 0.857. The van der Waals surface area contributed by atoms with Crippen LogP contribution in [0.4, 0.5) is 0 Å². The zero-order valence-corrected chi connectivity index (χ0v) is 19.1. The van der Waals surface area contributed by atoms with Crippen molar-refractivity contribution in [2.75, 3.05) is 6.16 Å². The molecule has 0 radical (unpaired) electrons. The Morgan fingerprint density at radius 3 is 1.14 bits per heavy atom. The lowest BCUT2D eigenvalue weighted by Gasteiger charge is -2.30. The molecule has 0 N–H and O–H groups in total. The van der Waals surface area contributed by atoms with Crippen molar-refractivity contribution in [2.24, 2.45) is 0 Å². The smallest absolute Gasteiger partial charge is 0.388 e. The van der Waals surface area contributed by atoms with Crippen LogP contribution in [0.2, 0.25) is 0 Å². The summed E-state index contributed by atoms with van der Waals surface area (Å²) in [7, 11) is 2.78. The zero-order chi connectivity index (χ0) is 21.3. The Kier molecular flexibility index (Phi) is 16.1. The molecule has 164 valence electrons. The minimum absolute atomic E-state index is 0.141. The second-order valence-corrected chi connectivity index (χ2v) is 7.82. The van der Waals surface area contributed by atoms with E-state index in [-0.39, 0.29) is 6.42 Å². The maximum absolute atomic E-state index is 11.4. The van der Waals surface area contributed by atoms with E-state index in [0.717, 1.165) is 19.3 Å². The average Bonchev–Trinajstić information content (AvgIpc) is 2.57. The van der Waals surface area contributed by atoms with Crippen LogP contribution in [0.3, 0.4) is 0 Å². The molecule has 0 aromatic heterocycles. The van der Waals surface area contributed by atoms with Crippen LogP contribution in [0.25, 0.3) is 0 Å². The number of esters is 3. The van der Waals surface area contributed by atoms with Crippen LogP contribution >= 0.6 is 9.24 Å². The van der Waals surface area contributed by atoms with Crippen LogP contribution in [0.1, 0.15) is 104 Å². The first-order chi connectivity index (χ1) is 13.3. The van der Waals surface area contributed by atoms with Crippen molar-refractivity contribution in [3.05, 3.63) is 0 Å². The average molecular weight is 419 g/mol. The van der Waals surface area contributed by atoms with Gasteiger partial charge in [0, 0.05) is 20.8 Å². The molecule has 1 atom stereocenters. The molecule has 0 saturated heterocycles. The molecule has 0 aliphatic carbocycles. The van der Waals surface area contributed by atoms with E-state index in [2.05, 4.69) is 9.24 Å². The number of hydrogen-bond acceptors (Lipinski definition) is 6. The van der Waals surface area contributed by atoms with Crippen LogP contribution in [-0.2, 0) is 28.6 Å². The maximum Gasteiger partial charge on any atom is 0.423 e. The Balaban J connectivity index is 3.99. The van der Waals surface area contributed by atoms with E-state index in [0.29, 0.717) is 6.42 Å². The van der Waals surface area contributed by atoms with Gasteiger partial charge in [-0.05, 0) is 19.0 Å². The van der Waals surface area contributed by atoms with Gasteiger partial charge in [0.25, 0.3) is 0 Å². The van der Waals surface area contributed by atoms with Crippen LogP contribution in [0.15, 0.2) is 0 Å². The van der Waals surface area contributed by atoms with Crippen molar-refractivity contribution in [3.8, 4) is 0 Å². The lowest BCUT2D eigenvalue weighted by Crippen LogP contribution is -2.43. The van der Waals surface area contributed by atoms with E-state index in [1.54, 1.807) is 0 Å². The van der Waals surface area contributed by atoms with E-state index in [4.69, 9.17) is 14.2 Å². The molecule has 1 unspecified atom stereocenters. The summed E-state index contributed by atoms with van der Waals surface area (Å²) in [5.41, 5.74) is 0. The van der Waals surface area contributed by atoms with E-state index in [1.807, 2.05) is 0 Å². The minimum atomic E-state index is -1.94. The summed E-state index contributed by atoms with van der Waals surface area (Å²) in [4.78, 5) is 34.1. The third-order valence-electron chi connectivity index (χ3n) is 4.33. The normalized spacial score (nSPS) is 11.1. The van der Waals surface area contributed by atoms with Gasteiger partial charge in [-0.1, -0.05) is 64.2 Å². The third kappa shape index (κ3) is 15.9. The van der Waals surface area contributed by atoms with Gasteiger partial charge >= 0.3 is 23.9 Å². The highest BCUT2D eigenvalue weighted by Crippen LogP contribution is 2.25. The van der Waals surface area contributed by atoms with E-state index >= 15 is 0 Å². The molecule has 0 aromatic rings. The Hall–Kier alpha value is -1.16. The Morgan fingerprint density at radius 1 is 0.571 bits per heavy atom. The number of rotatable bonds is 17. The van der Waals surface area contributed by atoms with E-state index in [9.17, 15) is 14.4 Å². The number of unbranched alkanes of at least 4 members (excludes halogenated alkanes) is 11. The topological polar surface area (TPSA) is 78.9 Å². The zero-order valence-electron chi connectivity index (χ0n) is 17.9. The Morgan fingerprint density at radius 2 is 0.857 bits per heavy atom. The molecule has 0 rings (SSSR count). The van der Waals surface area contributed by atoms with Crippen LogP contribution < -0.4 is 0 Å². The Bertz CT molecular complexity index is 411. The predicted molar refractivity (Wildman–Crippen MR) is 113 cm³/mol. The van der Waals surface area contributed by atoms with Crippen molar-refractivity contribution >= 4 is 27.1 Å². The fourth-order valence-corrected chi connectivity index (χ4v) is 3.41. The summed E-state index contributed by atoms with van der Waals surface area (Å²) in [5, 5.41) is 0. The van der Waals surface area contributed by atoms with Crippen molar-refractivity contribution in [1.82, 2.24) is 0 Å². The van der Waals surface area contributed by atoms with Gasteiger partial charge in [0.1, 0.15) is 0 Å². The maximum atomic E-state index is 11.4. The molecule has 0 aliphatic rings. The summed E-state index contributed by atoms with van der Waals surface area (Å²) < 4.78 is 15.1. The summed E-state index contributed by atoms with van der Waals surface area (Å²) in [5.74, 6) is -3.96. The molecule has 6 nitrogen and oxygen atoms in total. The second-order valence-electron chi connectivity index (χ2n) is 7.25. The van der Waals surface area contributed by atoms with Crippen molar-refractivity contribution in [2.45, 2.75) is 110 Å². The molecule has 0 saturated carbocycles. The molecular formula is C21H39O6P. The molecule has 0 bridgehead atoms. The van der Waals surface area contributed by atoms with Crippen molar-refractivity contribution < 1.29 is 28.6 Å². The largest absolute Gasteiger partial charge is 0.423 e. The molecule has 0 amide bonds. The molecule has 0 spiro atoms. The third-order valence-corrected chi connectivity index (χ3v) is 4.74. The monoisotopic (exact) mass is 418 g/mol. The standard InChI is InChI=1S/C21H39O6P/c1-18(22)25-21(26-19(2)23,27-20(3)24)16-14-12-10-8-6-4-5-7-9-11-13-15-17-28/h4-17,28H2,1-3H3. The van der Waals surface area contributed by atoms with Gasteiger partial charge in [0.2, 0.25) is 0 Å². The summed E-state index contributed by atoms with van der Waals surface area (Å²) in [6, 6.07) is 0. The quantitative estimate of drug-likeness (QED) is 0.138. The first kappa shape index (κ1) is 26.8. The van der Waals surface area contributed by atoms with Gasteiger partial charge in [0.05, 0.1) is 6.42 Å². The first-order valence-corrected chi connectivity index (χ1v) is 11.4. The lowest BCUT2D eigenvalue weighted by molar-refractivity contribution is -0.330. The van der Waals surface area contributed by atoms with Gasteiger partial charge in [-0.3, -0.25) is 14.4 Å². The highest BCUT2D eigenvalue weighted by atomic mass is 31.0. The number of carbonyl (C=O) groups excluding carboxylic acids is 3. The van der Waals surface area contributed by atoms with E-state index < -0.39 is 23.9 Å². The molecule has 28 heavy (non-hydrogen) atoms. The second kappa shape index (κ2) is 16.8. The first-order valence-electron chi connectivity index (χ1n) is 10.6. The van der Waals surface area contributed by atoms with Gasteiger partial charge in [0.15, 0.2) is 0 Å². The summed E-state index contributed by atoms with van der Waals surface area (Å²) >= 11 is 0. The Labute approximate surface area is 172 Å². The molecule has 0 heterocycles. The predicted octanol–water partition coefficient (Wildman–Crippen LogP) is 5.28. The van der Waals surface area contributed by atoms with Crippen LogP contribution in [-0.4, -0.2) is 30.0 Å². The number of hydrogen-bond donors (Lipinski definition) is 0. The molecule has 0 aliphatic heterocycles. The summed E-state index contributed by atoms with van der Waals surface area (Å²) in [6.07, 6.45) is 15.5. The molecule has 0 aromatic carbocycles. The van der Waals surface area contributed by atoms with Crippen LogP contribution in [0, 0.1) is 0 Å². The molecule has 0 fully saturated rings. The minimum Gasteiger partial charge on any atom is -0.388 e. The van der Waals surface area contributed by atoms with Crippen LogP contribution in [0.5, 0.6) is 0 Å². The fourth-order valence-electron chi connectivity index (χ4n) is 3.13. The van der Waals surface area contributed by atoms with Gasteiger partial charge < -0.3 is 14.2 Å². The SMILES string of the molecule is CC(=O)OC(CCCCCCCCCCCCCCP)(OC(C)=O)OC(C)=O. The van der Waals surface area contributed by atoms with Crippen molar-refractivity contribution in [1.29, 1.82) is 0 Å². The molecule has 7 heteroatoms. The van der Waals surface area contributed by atoms with Gasteiger partial charge in [-0.25, -0.2) is 0 Å². The molecular weight excluding hydrogens is 379 g/mol. The summed E-state index contributed by atoms with van der Waals surface area (Å²) in [6.45, 7) is 3.56. The van der Waals surface area contributed by atoms with Crippen molar-refractivity contribution in [3.63, 3.8) is 0 Å².